The Morgan fingerprint density at radius 1 is 1.38 bits per heavy atom. The number of likely N-dealkylation sites (N-methyl/N-ethyl adjacent to an activating group) is 1. The van der Waals surface area contributed by atoms with Gasteiger partial charge in [0.1, 0.15) is 0 Å². The first-order valence-corrected chi connectivity index (χ1v) is 7.04. The molecule has 0 aliphatic carbocycles. The first-order valence-electron chi connectivity index (χ1n) is 5.15. The van der Waals surface area contributed by atoms with Crippen molar-refractivity contribution in [1.82, 2.24) is 5.32 Å². The van der Waals surface area contributed by atoms with E-state index >= 15 is 0 Å². The van der Waals surface area contributed by atoms with Crippen LogP contribution in [0.1, 0.15) is 18.5 Å². The second-order valence-corrected chi connectivity index (χ2v) is 5.63. The molecule has 1 atom stereocenters. The summed E-state index contributed by atoms with van der Waals surface area (Å²) in [6, 6.07) is 6.94. The second kappa shape index (κ2) is 5.27. The summed E-state index contributed by atoms with van der Waals surface area (Å²) in [5.74, 6) is 0. The predicted molar refractivity (Wildman–Crippen MR) is 66.2 cm³/mol. The Labute approximate surface area is 97.1 Å². The van der Waals surface area contributed by atoms with Gasteiger partial charge in [-0.15, -0.1) is 6.58 Å². The van der Waals surface area contributed by atoms with Gasteiger partial charge in [0.05, 0.1) is 10.9 Å². The van der Waals surface area contributed by atoms with Gasteiger partial charge in [-0.2, -0.15) is 0 Å². The molecule has 1 unspecified atom stereocenters. The van der Waals surface area contributed by atoms with E-state index in [9.17, 15) is 8.42 Å². The molecule has 0 fully saturated rings. The smallest absolute Gasteiger partial charge is 0.175 e. The standard InChI is InChI=1S/C12H17NO2S/c1-4-12(13-5-2)10-6-8-11(9-7-10)16(3,14)15/h4,6-9,12-13H,1,5H2,2-3H3. The Kier molecular flexibility index (Phi) is 4.26. The van der Waals surface area contributed by atoms with E-state index in [1.165, 1.54) is 6.26 Å². The molecule has 0 radical (unpaired) electrons. The van der Waals surface area contributed by atoms with Crippen LogP contribution in [0.3, 0.4) is 0 Å². The highest BCUT2D eigenvalue weighted by Crippen LogP contribution is 2.17. The molecule has 1 aromatic rings. The molecule has 88 valence electrons. The van der Waals surface area contributed by atoms with Gasteiger partial charge in [-0.1, -0.05) is 25.1 Å². The lowest BCUT2D eigenvalue weighted by molar-refractivity contribution is 0.601. The van der Waals surface area contributed by atoms with E-state index in [1.54, 1.807) is 18.2 Å². The Hall–Kier alpha value is -1.13. The lowest BCUT2D eigenvalue weighted by Gasteiger charge is -2.13. The van der Waals surface area contributed by atoms with E-state index in [-0.39, 0.29) is 6.04 Å². The third-order valence-corrected chi connectivity index (χ3v) is 3.46. The summed E-state index contributed by atoms with van der Waals surface area (Å²) < 4.78 is 22.5. The zero-order valence-corrected chi connectivity index (χ0v) is 10.4. The van der Waals surface area contributed by atoms with Gasteiger partial charge in [-0.25, -0.2) is 8.42 Å². The Morgan fingerprint density at radius 3 is 2.31 bits per heavy atom. The zero-order chi connectivity index (χ0) is 12.2. The third kappa shape index (κ3) is 3.18. The van der Waals surface area contributed by atoms with E-state index in [2.05, 4.69) is 11.9 Å². The quantitative estimate of drug-likeness (QED) is 0.799. The number of sulfone groups is 1. The Balaban J connectivity index is 2.98. The van der Waals surface area contributed by atoms with Crippen LogP contribution in [0.5, 0.6) is 0 Å². The molecule has 0 aliphatic heterocycles. The Morgan fingerprint density at radius 2 is 1.94 bits per heavy atom. The molecule has 0 amide bonds. The van der Waals surface area contributed by atoms with Crippen molar-refractivity contribution < 1.29 is 8.42 Å². The number of hydrogen-bond acceptors (Lipinski definition) is 3. The first-order chi connectivity index (χ1) is 7.49. The van der Waals surface area contributed by atoms with Crippen molar-refractivity contribution in [3.8, 4) is 0 Å². The molecule has 0 saturated heterocycles. The summed E-state index contributed by atoms with van der Waals surface area (Å²) in [6.45, 7) is 6.60. The highest BCUT2D eigenvalue weighted by Gasteiger charge is 2.09. The lowest BCUT2D eigenvalue weighted by atomic mass is 10.1. The molecule has 0 aliphatic rings. The van der Waals surface area contributed by atoms with Crippen LogP contribution in [-0.4, -0.2) is 21.2 Å². The topological polar surface area (TPSA) is 46.2 Å². The molecule has 16 heavy (non-hydrogen) atoms. The number of rotatable bonds is 5. The fourth-order valence-electron chi connectivity index (χ4n) is 1.48. The van der Waals surface area contributed by atoms with Crippen molar-refractivity contribution in [2.75, 3.05) is 12.8 Å². The number of nitrogens with one attached hydrogen (secondary N) is 1. The summed E-state index contributed by atoms with van der Waals surface area (Å²) in [6.07, 6.45) is 3.01. The maximum atomic E-state index is 11.3. The van der Waals surface area contributed by atoms with Crippen molar-refractivity contribution >= 4 is 9.84 Å². The van der Waals surface area contributed by atoms with Crippen LogP contribution in [0.25, 0.3) is 0 Å². The molecule has 1 aromatic carbocycles. The van der Waals surface area contributed by atoms with E-state index in [0.29, 0.717) is 4.90 Å². The van der Waals surface area contributed by atoms with Gasteiger partial charge in [0.15, 0.2) is 9.84 Å². The minimum atomic E-state index is -3.11. The van der Waals surface area contributed by atoms with Crippen LogP contribution >= 0.6 is 0 Å². The molecule has 0 aromatic heterocycles. The minimum absolute atomic E-state index is 0.0682. The van der Waals surface area contributed by atoms with Crippen molar-refractivity contribution in [2.24, 2.45) is 0 Å². The maximum Gasteiger partial charge on any atom is 0.175 e. The van der Waals surface area contributed by atoms with Gasteiger partial charge in [-0.3, -0.25) is 0 Å². The second-order valence-electron chi connectivity index (χ2n) is 3.61. The van der Waals surface area contributed by atoms with E-state index in [0.717, 1.165) is 12.1 Å². The van der Waals surface area contributed by atoms with Crippen LogP contribution in [0.15, 0.2) is 41.8 Å². The van der Waals surface area contributed by atoms with E-state index in [1.807, 2.05) is 19.1 Å². The first kappa shape index (κ1) is 12.9. The SMILES string of the molecule is C=CC(NCC)c1ccc(S(C)(=O)=O)cc1. The van der Waals surface area contributed by atoms with Crippen LogP contribution < -0.4 is 5.32 Å². The molecule has 1 N–H and O–H groups in total. The van der Waals surface area contributed by atoms with Crippen LogP contribution in [0.2, 0.25) is 0 Å². The van der Waals surface area contributed by atoms with Crippen LogP contribution in [-0.2, 0) is 9.84 Å². The summed E-state index contributed by atoms with van der Waals surface area (Å²) in [5, 5.41) is 3.24. The Bertz CT molecular complexity index is 448. The van der Waals surface area contributed by atoms with Crippen LogP contribution in [0.4, 0.5) is 0 Å². The third-order valence-electron chi connectivity index (χ3n) is 2.33. The van der Waals surface area contributed by atoms with Crippen LogP contribution in [0, 0.1) is 0 Å². The summed E-state index contributed by atoms with van der Waals surface area (Å²) in [5.41, 5.74) is 1.02. The van der Waals surface area contributed by atoms with Gasteiger partial charge in [0, 0.05) is 6.26 Å². The zero-order valence-electron chi connectivity index (χ0n) is 9.60. The fraction of sp³-hybridized carbons (Fsp3) is 0.333. The summed E-state index contributed by atoms with van der Waals surface area (Å²) in [4.78, 5) is 0.343. The average Bonchev–Trinajstić information content (AvgIpc) is 2.25. The highest BCUT2D eigenvalue weighted by molar-refractivity contribution is 7.90. The van der Waals surface area contributed by atoms with E-state index < -0.39 is 9.84 Å². The summed E-state index contributed by atoms with van der Waals surface area (Å²) >= 11 is 0. The van der Waals surface area contributed by atoms with E-state index in [4.69, 9.17) is 0 Å². The molecule has 1 rings (SSSR count). The van der Waals surface area contributed by atoms with Gasteiger partial charge >= 0.3 is 0 Å². The van der Waals surface area contributed by atoms with Crippen molar-refractivity contribution in [3.05, 3.63) is 42.5 Å². The van der Waals surface area contributed by atoms with Gasteiger partial charge in [0.2, 0.25) is 0 Å². The molecular weight excluding hydrogens is 222 g/mol. The minimum Gasteiger partial charge on any atom is -0.307 e. The lowest BCUT2D eigenvalue weighted by Crippen LogP contribution is -2.18. The average molecular weight is 239 g/mol. The molecule has 4 heteroatoms. The van der Waals surface area contributed by atoms with Crippen molar-refractivity contribution in [2.45, 2.75) is 17.9 Å². The highest BCUT2D eigenvalue weighted by atomic mass is 32.2. The molecule has 3 nitrogen and oxygen atoms in total. The predicted octanol–water partition coefficient (Wildman–Crippen LogP) is 1.93. The van der Waals surface area contributed by atoms with Crippen molar-refractivity contribution in [3.63, 3.8) is 0 Å². The molecule has 0 bridgehead atoms. The largest absolute Gasteiger partial charge is 0.307 e. The summed E-state index contributed by atoms with van der Waals surface area (Å²) in [7, 11) is -3.11. The molecule has 0 spiro atoms. The maximum absolute atomic E-state index is 11.3. The fourth-order valence-corrected chi connectivity index (χ4v) is 2.11. The van der Waals surface area contributed by atoms with Crippen molar-refractivity contribution in [1.29, 1.82) is 0 Å². The van der Waals surface area contributed by atoms with Gasteiger partial charge in [-0.05, 0) is 24.2 Å². The van der Waals surface area contributed by atoms with Gasteiger partial charge < -0.3 is 5.32 Å². The molecular formula is C12H17NO2S. The molecule has 0 saturated carbocycles. The normalized spacial score (nSPS) is 13.4. The van der Waals surface area contributed by atoms with Gasteiger partial charge in [0.25, 0.3) is 0 Å². The molecule has 0 heterocycles. The number of benzene rings is 1. The monoisotopic (exact) mass is 239 g/mol. The number of hydrogen-bond donors (Lipinski definition) is 1.